The topological polar surface area (TPSA) is 54.3 Å². The highest BCUT2D eigenvalue weighted by Gasteiger charge is 2.09. The van der Waals surface area contributed by atoms with Gasteiger partial charge in [0.2, 0.25) is 5.91 Å². The second kappa shape index (κ2) is 6.41. The molecular weight excluding hydrogens is 264 g/mol. The predicted octanol–water partition coefficient (Wildman–Crippen LogP) is 3.22. The molecule has 0 radical (unpaired) electrons. The van der Waals surface area contributed by atoms with Crippen molar-refractivity contribution in [2.45, 2.75) is 13.0 Å². The van der Waals surface area contributed by atoms with Crippen LogP contribution in [0.25, 0.3) is 0 Å². The van der Waals surface area contributed by atoms with Gasteiger partial charge in [0.05, 0.1) is 18.8 Å². The van der Waals surface area contributed by atoms with Crippen molar-refractivity contribution in [3.8, 4) is 0 Å². The summed E-state index contributed by atoms with van der Waals surface area (Å²) in [6, 6.07) is 10.7. The number of hydrogen-bond donors (Lipinski definition) is 2. The molecule has 0 aliphatic heterocycles. The molecule has 5 heteroatoms. The molecule has 0 bridgehead atoms. The molecule has 1 aromatic carbocycles. The van der Waals surface area contributed by atoms with E-state index in [0.717, 1.165) is 11.4 Å². The van der Waals surface area contributed by atoms with Gasteiger partial charge in [-0.25, -0.2) is 0 Å². The maximum absolute atomic E-state index is 11.7. The Morgan fingerprint density at radius 2 is 2.05 bits per heavy atom. The minimum Gasteiger partial charge on any atom is -0.468 e. The number of carbonyl (C=O) groups is 1. The fraction of sp³-hybridized carbons (Fsp3) is 0.214. The number of nitrogens with one attached hydrogen (secondary N) is 2. The van der Waals surface area contributed by atoms with E-state index in [0.29, 0.717) is 5.02 Å². The summed E-state index contributed by atoms with van der Waals surface area (Å²) in [5.41, 5.74) is 0.724. The molecule has 4 nitrogen and oxygen atoms in total. The van der Waals surface area contributed by atoms with Gasteiger partial charge in [-0.3, -0.25) is 10.1 Å². The van der Waals surface area contributed by atoms with Crippen LogP contribution in [0.2, 0.25) is 5.02 Å². The predicted molar refractivity (Wildman–Crippen MR) is 75.2 cm³/mol. The molecule has 0 aliphatic rings. The lowest BCUT2D eigenvalue weighted by atomic mass is 10.2. The van der Waals surface area contributed by atoms with Gasteiger partial charge in [0.25, 0.3) is 0 Å². The van der Waals surface area contributed by atoms with Crippen LogP contribution in [0.1, 0.15) is 18.7 Å². The molecule has 1 heterocycles. The van der Waals surface area contributed by atoms with Crippen LogP contribution in [0.4, 0.5) is 5.69 Å². The van der Waals surface area contributed by atoms with E-state index >= 15 is 0 Å². The van der Waals surface area contributed by atoms with Crippen LogP contribution in [0.5, 0.6) is 0 Å². The highest BCUT2D eigenvalue weighted by molar-refractivity contribution is 6.30. The average molecular weight is 279 g/mol. The lowest BCUT2D eigenvalue weighted by Gasteiger charge is -2.11. The summed E-state index contributed by atoms with van der Waals surface area (Å²) in [4.78, 5) is 11.7. The largest absolute Gasteiger partial charge is 0.468 e. The first-order valence-corrected chi connectivity index (χ1v) is 6.35. The Hall–Kier alpha value is -1.78. The van der Waals surface area contributed by atoms with E-state index in [1.165, 1.54) is 0 Å². The van der Waals surface area contributed by atoms with Crippen LogP contribution < -0.4 is 10.6 Å². The van der Waals surface area contributed by atoms with Crippen LogP contribution in [-0.2, 0) is 4.79 Å². The summed E-state index contributed by atoms with van der Waals surface area (Å²) in [6.07, 6.45) is 1.61. The van der Waals surface area contributed by atoms with Gasteiger partial charge in [0.1, 0.15) is 5.76 Å². The number of furan rings is 1. The second-order valence-electron chi connectivity index (χ2n) is 4.17. The Labute approximate surface area is 116 Å². The minimum atomic E-state index is -0.110. The van der Waals surface area contributed by atoms with Crippen molar-refractivity contribution in [1.82, 2.24) is 5.32 Å². The Morgan fingerprint density at radius 3 is 2.68 bits per heavy atom. The molecule has 2 rings (SSSR count). The van der Waals surface area contributed by atoms with Gasteiger partial charge >= 0.3 is 0 Å². The van der Waals surface area contributed by atoms with Gasteiger partial charge in [-0.2, -0.15) is 0 Å². The number of anilines is 1. The van der Waals surface area contributed by atoms with E-state index in [2.05, 4.69) is 10.6 Å². The maximum Gasteiger partial charge on any atom is 0.238 e. The normalized spacial score (nSPS) is 12.1. The standard InChI is InChI=1S/C14H15ClN2O2/c1-10(13-3-2-8-19-13)16-9-14(18)17-12-6-4-11(15)5-7-12/h2-8,10,16H,9H2,1H3,(H,17,18). The summed E-state index contributed by atoms with van der Waals surface area (Å²) in [5.74, 6) is 0.694. The number of rotatable bonds is 5. The Morgan fingerprint density at radius 1 is 1.32 bits per heavy atom. The number of halogens is 1. The van der Waals surface area contributed by atoms with E-state index in [-0.39, 0.29) is 18.5 Å². The zero-order valence-electron chi connectivity index (χ0n) is 10.5. The van der Waals surface area contributed by atoms with E-state index in [4.69, 9.17) is 16.0 Å². The average Bonchev–Trinajstić information content (AvgIpc) is 2.93. The van der Waals surface area contributed by atoms with Crippen LogP contribution in [-0.4, -0.2) is 12.5 Å². The summed E-state index contributed by atoms with van der Waals surface area (Å²) >= 11 is 5.77. The van der Waals surface area contributed by atoms with Crippen molar-refractivity contribution in [2.75, 3.05) is 11.9 Å². The zero-order valence-corrected chi connectivity index (χ0v) is 11.3. The molecule has 1 unspecified atom stereocenters. The van der Waals surface area contributed by atoms with Gasteiger partial charge in [-0.15, -0.1) is 0 Å². The molecular formula is C14H15ClN2O2. The monoisotopic (exact) mass is 278 g/mol. The smallest absolute Gasteiger partial charge is 0.238 e. The van der Waals surface area contributed by atoms with Crippen molar-refractivity contribution >= 4 is 23.2 Å². The lowest BCUT2D eigenvalue weighted by Crippen LogP contribution is -2.29. The third-order valence-electron chi connectivity index (χ3n) is 2.67. The first-order valence-electron chi connectivity index (χ1n) is 5.97. The van der Waals surface area contributed by atoms with E-state index in [1.54, 1.807) is 30.5 Å². The van der Waals surface area contributed by atoms with E-state index < -0.39 is 0 Å². The number of benzene rings is 1. The molecule has 0 saturated heterocycles. The summed E-state index contributed by atoms with van der Waals surface area (Å²) in [7, 11) is 0. The quantitative estimate of drug-likeness (QED) is 0.883. The van der Waals surface area contributed by atoms with E-state index in [9.17, 15) is 4.79 Å². The van der Waals surface area contributed by atoms with Crippen molar-refractivity contribution in [1.29, 1.82) is 0 Å². The molecule has 1 aromatic heterocycles. The Bertz CT molecular complexity index is 523. The highest BCUT2D eigenvalue weighted by atomic mass is 35.5. The Kier molecular flexibility index (Phi) is 4.60. The molecule has 1 amide bonds. The molecule has 0 aliphatic carbocycles. The molecule has 2 aromatic rings. The molecule has 1 atom stereocenters. The fourth-order valence-electron chi connectivity index (χ4n) is 1.62. The van der Waals surface area contributed by atoms with Gasteiger partial charge in [-0.05, 0) is 43.3 Å². The first-order chi connectivity index (χ1) is 9.15. The molecule has 0 fully saturated rings. The second-order valence-corrected chi connectivity index (χ2v) is 4.61. The van der Waals surface area contributed by atoms with Crippen molar-refractivity contribution < 1.29 is 9.21 Å². The third kappa shape index (κ3) is 4.12. The summed E-state index contributed by atoms with van der Waals surface area (Å²) < 4.78 is 5.25. The highest BCUT2D eigenvalue weighted by Crippen LogP contribution is 2.14. The van der Waals surface area contributed by atoms with Crippen LogP contribution in [0.3, 0.4) is 0 Å². The molecule has 100 valence electrons. The third-order valence-corrected chi connectivity index (χ3v) is 2.92. The maximum atomic E-state index is 11.7. The van der Waals surface area contributed by atoms with Gasteiger partial charge < -0.3 is 9.73 Å². The van der Waals surface area contributed by atoms with Crippen LogP contribution in [0.15, 0.2) is 47.1 Å². The number of carbonyl (C=O) groups excluding carboxylic acids is 1. The number of hydrogen-bond acceptors (Lipinski definition) is 3. The first kappa shape index (κ1) is 13.6. The number of amides is 1. The van der Waals surface area contributed by atoms with E-state index in [1.807, 2.05) is 19.1 Å². The molecule has 19 heavy (non-hydrogen) atoms. The van der Waals surface area contributed by atoms with Crippen LogP contribution in [0, 0.1) is 0 Å². The van der Waals surface area contributed by atoms with Gasteiger partial charge in [0.15, 0.2) is 0 Å². The summed E-state index contributed by atoms with van der Waals surface area (Å²) in [5, 5.41) is 6.50. The molecule has 2 N–H and O–H groups in total. The minimum absolute atomic E-state index is 0.00836. The SMILES string of the molecule is CC(NCC(=O)Nc1ccc(Cl)cc1)c1ccco1. The van der Waals surface area contributed by atoms with Crippen molar-refractivity contribution in [3.63, 3.8) is 0 Å². The van der Waals surface area contributed by atoms with Gasteiger partial charge in [0, 0.05) is 10.7 Å². The lowest BCUT2D eigenvalue weighted by molar-refractivity contribution is -0.115. The fourth-order valence-corrected chi connectivity index (χ4v) is 1.75. The molecule has 0 spiro atoms. The van der Waals surface area contributed by atoms with Crippen LogP contribution >= 0.6 is 11.6 Å². The van der Waals surface area contributed by atoms with Crippen molar-refractivity contribution in [3.05, 3.63) is 53.4 Å². The van der Waals surface area contributed by atoms with Gasteiger partial charge in [-0.1, -0.05) is 11.6 Å². The Balaban J connectivity index is 1.80. The molecule has 0 saturated carbocycles. The van der Waals surface area contributed by atoms with Crippen molar-refractivity contribution in [2.24, 2.45) is 0 Å². The zero-order chi connectivity index (χ0) is 13.7. The summed E-state index contributed by atoms with van der Waals surface area (Å²) in [6.45, 7) is 2.15.